The molecule has 0 unspecified atom stereocenters. The van der Waals surface area contributed by atoms with Crippen LogP contribution in [0.5, 0.6) is 0 Å². The molecule has 0 aliphatic heterocycles. The fraction of sp³-hybridized carbons (Fsp3) is 0.143. The lowest BCUT2D eigenvalue weighted by molar-refractivity contribution is -0.385. The van der Waals surface area contributed by atoms with Gasteiger partial charge in [0.1, 0.15) is 0 Å². The quantitative estimate of drug-likeness (QED) is 0.479. The Kier molecular flexibility index (Phi) is 4.99. The van der Waals surface area contributed by atoms with Crippen molar-refractivity contribution in [3.05, 3.63) is 39.9 Å². The maximum absolute atomic E-state index is 10.7. The summed E-state index contributed by atoms with van der Waals surface area (Å²) in [6, 6.07) is 5.57. The minimum atomic E-state index is -3.77. The molecule has 15 heavy (non-hydrogen) atoms. The predicted molar refractivity (Wildman–Crippen MR) is 58.8 cm³/mol. The van der Waals surface area contributed by atoms with Crippen LogP contribution in [0.4, 0.5) is 5.69 Å². The van der Waals surface area contributed by atoms with E-state index in [1.54, 1.807) is 0 Å². The minimum absolute atomic E-state index is 0. The highest BCUT2D eigenvalue weighted by atomic mass is 35.7. The van der Waals surface area contributed by atoms with Crippen LogP contribution in [0, 0.1) is 10.1 Å². The number of para-hydroxylation sites is 1. The largest absolute Gasteiger partial charge is 0.273 e. The molecule has 0 aliphatic rings. The number of benzene rings is 1. The molecule has 0 fully saturated rings. The summed E-state index contributed by atoms with van der Waals surface area (Å²) in [5, 5.41) is 10.5. The van der Waals surface area contributed by atoms with Gasteiger partial charge in [0, 0.05) is 22.3 Å². The van der Waals surface area contributed by atoms with Gasteiger partial charge in [-0.2, -0.15) is 0 Å². The Bertz CT molecular complexity index is 460. The Labute approximate surface area is 97.0 Å². The van der Waals surface area contributed by atoms with E-state index in [1.165, 1.54) is 24.3 Å². The van der Waals surface area contributed by atoms with E-state index < -0.39 is 19.7 Å². The molecular weight excluding hydrogens is 265 g/mol. The van der Waals surface area contributed by atoms with Gasteiger partial charge in [-0.3, -0.25) is 10.1 Å². The molecule has 0 bridgehead atoms. The summed E-state index contributed by atoms with van der Waals surface area (Å²) in [4.78, 5) is 9.83. The summed E-state index contributed by atoms with van der Waals surface area (Å²) >= 11 is 0. The van der Waals surface area contributed by atoms with E-state index in [4.69, 9.17) is 10.7 Å². The van der Waals surface area contributed by atoms with Crippen LogP contribution in [0.25, 0.3) is 0 Å². The van der Waals surface area contributed by atoms with E-state index in [2.05, 4.69) is 0 Å². The Balaban J connectivity index is 0.00000196. The molecule has 0 radical (unpaired) electrons. The standard InChI is InChI=1S/C7H6ClNO4S.ClH/c8-14(12,13)5-6-3-1-2-4-7(6)9(10)11;/h1-4H,5H2;1H. The fourth-order valence-corrected chi connectivity index (χ4v) is 1.96. The van der Waals surface area contributed by atoms with Gasteiger partial charge in [-0.15, -0.1) is 12.4 Å². The van der Waals surface area contributed by atoms with E-state index >= 15 is 0 Å². The van der Waals surface area contributed by atoms with Crippen molar-refractivity contribution in [2.75, 3.05) is 0 Å². The van der Waals surface area contributed by atoms with E-state index in [1.807, 2.05) is 0 Å². The first kappa shape index (κ1) is 14.2. The monoisotopic (exact) mass is 271 g/mol. The lowest BCUT2D eigenvalue weighted by Gasteiger charge is -1.98. The Morgan fingerprint density at radius 2 is 1.87 bits per heavy atom. The van der Waals surface area contributed by atoms with E-state index in [0.29, 0.717) is 0 Å². The molecule has 8 heteroatoms. The van der Waals surface area contributed by atoms with Crippen molar-refractivity contribution in [2.45, 2.75) is 5.75 Å². The van der Waals surface area contributed by atoms with Crippen LogP contribution in [-0.4, -0.2) is 13.3 Å². The highest BCUT2D eigenvalue weighted by Crippen LogP contribution is 2.21. The van der Waals surface area contributed by atoms with E-state index in [-0.39, 0.29) is 23.7 Å². The zero-order valence-corrected chi connectivity index (χ0v) is 9.68. The number of hydrogen-bond donors (Lipinski definition) is 0. The van der Waals surface area contributed by atoms with Gasteiger partial charge in [-0.1, -0.05) is 18.2 Å². The van der Waals surface area contributed by atoms with Crippen molar-refractivity contribution in [1.82, 2.24) is 0 Å². The highest BCUT2D eigenvalue weighted by Gasteiger charge is 2.17. The molecule has 0 atom stereocenters. The lowest BCUT2D eigenvalue weighted by atomic mass is 10.2. The summed E-state index contributed by atoms with van der Waals surface area (Å²) in [6.45, 7) is 0. The number of nitro groups is 1. The molecule has 5 nitrogen and oxygen atoms in total. The molecule has 1 aromatic rings. The average Bonchev–Trinajstić information content (AvgIpc) is 2.01. The number of nitrogens with zero attached hydrogens (tertiary/aromatic N) is 1. The topological polar surface area (TPSA) is 77.3 Å². The molecule has 0 spiro atoms. The molecule has 0 saturated carbocycles. The SMILES string of the molecule is Cl.O=[N+]([O-])c1ccccc1CS(=O)(=O)Cl. The summed E-state index contributed by atoms with van der Waals surface area (Å²) in [5.41, 5.74) is -0.149. The molecule has 84 valence electrons. The molecule has 0 aromatic heterocycles. The third kappa shape index (κ3) is 4.46. The van der Waals surface area contributed by atoms with Crippen molar-refractivity contribution in [3.63, 3.8) is 0 Å². The van der Waals surface area contributed by atoms with Crippen molar-refractivity contribution < 1.29 is 13.3 Å². The van der Waals surface area contributed by atoms with Gasteiger partial charge in [0.2, 0.25) is 9.05 Å². The van der Waals surface area contributed by atoms with E-state index in [0.717, 1.165) is 0 Å². The van der Waals surface area contributed by atoms with Crippen LogP contribution in [0.15, 0.2) is 24.3 Å². The van der Waals surface area contributed by atoms with Crippen molar-refractivity contribution >= 4 is 37.8 Å². The van der Waals surface area contributed by atoms with Gasteiger partial charge in [0.05, 0.1) is 10.7 Å². The fourth-order valence-electron chi connectivity index (χ4n) is 0.997. The molecule has 0 heterocycles. The number of rotatable bonds is 3. The number of halogens is 2. The zero-order valence-electron chi connectivity index (χ0n) is 7.29. The van der Waals surface area contributed by atoms with Gasteiger partial charge in [0.15, 0.2) is 0 Å². The van der Waals surface area contributed by atoms with Crippen LogP contribution < -0.4 is 0 Å². The number of nitro benzene ring substituents is 1. The molecule has 1 aromatic carbocycles. The predicted octanol–water partition coefficient (Wildman–Crippen LogP) is 2.09. The van der Waals surface area contributed by atoms with Crippen LogP contribution in [-0.2, 0) is 14.8 Å². The van der Waals surface area contributed by atoms with Crippen molar-refractivity contribution in [1.29, 1.82) is 0 Å². The summed E-state index contributed by atoms with van der Waals surface area (Å²) < 4.78 is 21.4. The molecular formula is C7H7Cl2NO4S. The second-order valence-electron chi connectivity index (χ2n) is 2.57. The second kappa shape index (κ2) is 5.29. The van der Waals surface area contributed by atoms with Gasteiger partial charge in [0.25, 0.3) is 5.69 Å². The van der Waals surface area contributed by atoms with Gasteiger partial charge in [-0.05, 0) is 0 Å². The lowest BCUT2D eigenvalue weighted by Crippen LogP contribution is -1.99. The van der Waals surface area contributed by atoms with Crippen molar-refractivity contribution in [3.8, 4) is 0 Å². The summed E-state index contributed by atoms with van der Waals surface area (Å²) in [7, 11) is 1.23. The van der Waals surface area contributed by atoms with Crippen LogP contribution in [0.3, 0.4) is 0 Å². The van der Waals surface area contributed by atoms with Crippen molar-refractivity contribution in [2.24, 2.45) is 0 Å². The third-order valence-electron chi connectivity index (χ3n) is 1.52. The first-order chi connectivity index (χ1) is 6.40. The first-order valence-electron chi connectivity index (χ1n) is 3.55. The maximum Gasteiger partial charge on any atom is 0.273 e. The Morgan fingerprint density at radius 3 is 2.33 bits per heavy atom. The Morgan fingerprint density at radius 1 is 1.33 bits per heavy atom. The number of hydrogen-bond acceptors (Lipinski definition) is 4. The first-order valence-corrected chi connectivity index (χ1v) is 6.02. The molecule has 1 rings (SSSR count). The zero-order chi connectivity index (χ0) is 10.8. The normalized spacial score (nSPS) is 10.5. The second-order valence-corrected chi connectivity index (χ2v) is 5.35. The maximum atomic E-state index is 10.7. The van der Waals surface area contributed by atoms with Crippen LogP contribution >= 0.6 is 23.1 Å². The smallest absolute Gasteiger partial charge is 0.258 e. The average molecular weight is 272 g/mol. The van der Waals surface area contributed by atoms with Gasteiger partial charge < -0.3 is 0 Å². The van der Waals surface area contributed by atoms with Gasteiger partial charge >= 0.3 is 0 Å². The minimum Gasteiger partial charge on any atom is -0.258 e. The van der Waals surface area contributed by atoms with Crippen LogP contribution in [0.2, 0.25) is 0 Å². The van der Waals surface area contributed by atoms with E-state index in [9.17, 15) is 18.5 Å². The molecule has 0 aliphatic carbocycles. The van der Waals surface area contributed by atoms with Crippen LogP contribution in [0.1, 0.15) is 5.56 Å². The van der Waals surface area contributed by atoms with Gasteiger partial charge in [-0.25, -0.2) is 8.42 Å². The molecule has 0 N–H and O–H groups in total. The third-order valence-corrected chi connectivity index (χ3v) is 2.50. The summed E-state index contributed by atoms with van der Waals surface area (Å²) in [6.07, 6.45) is 0. The summed E-state index contributed by atoms with van der Waals surface area (Å²) in [5.74, 6) is -0.536. The molecule has 0 saturated heterocycles. The molecule has 0 amide bonds. The highest BCUT2D eigenvalue weighted by molar-refractivity contribution is 8.13. The Hall–Kier alpha value is -0.850.